The van der Waals surface area contributed by atoms with E-state index in [2.05, 4.69) is 5.32 Å². The number of carbonyl (C=O) groups excluding carboxylic acids is 1. The smallest absolute Gasteiger partial charge is 0.240 e. The lowest BCUT2D eigenvalue weighted by molar-refractivity contribution is -0.123. The first kappa shape index (κ1) is 10.7. The number of hydrogen-bond acceptors (Lipinski definition) is 2. The molecule has 0 aromatic rings. The predicted octanol–water partition coefficient (Wildman–Crippen LogP) is 0.848. The third-order valence-corrected chi connectivity index (χ3v) is 1.85. The lowest BCUT2D eigenvalue weighted by Gasteiger charge is -2.12. The Kier molecular flexibility index (Phi) is 5.24. The number of hydrogen-bond donors (Lipinski definition) is 2. The number of alkyl halides is 1. The summed E-state index contributed by atoms with van der Waals surface area (Å²) in [6.07, 6.45) is 0.304. The number of carbonyl (C=O) groups is 1. The van der Waals surface area contributed by atoms with Crippen LogP contribution in [0.3, 0.4) is 0 Å². The molecule has 0 aromatic heterocycles. The Labute approximate surface area is 71.7 Å². The molecule has 0 saturated heterocycles. The minimum Gasteiger partial charge on any atom is -0.374 e. The third kappa shape index (κ3) is 4.22. The molecule has 2 N–H and O–H groups in total. The van der Waals surface area contributed by atoms with Gasteiger partial charge in [0.2, 0.25) is 5.91 Å². The Morgan fingerprint density at radius 3 is 2.45 bits per heavy atom. The first-order valence-corrected chi connectivity index (χ1v) is 4.18. The quantitative estimate of drug-likeness (QED) is 0.497. The highest BCUT2D eigenvalue weighted by Crippen LogP contribution is 2.01. The Morgan fingerprint density at radius 2 is 2.09 bits per heavy atom. The van der Waals surface area contributed by atoms with Crippen molar-refractivity contribution in [1.82, 2.24) is 5.32 Å². The van der Waals surface area contributed by atoms with Gasteiger partial charge < -0.3 is 10.4 Å². The van der Waals surface area contributed by atoms with Crippen LogP contribution >= 0.6 is 11.6 Å². The molecule has 0 fully saturated rings. The van der Waals surface area contributed by atoms with Gasteiger partial charge in [0, 0.05) is 0 Å². The molecule has 4 heteroatoms. The molecular formula is C7H14ClNO2. The molecule has 2 unspecified atom stereocenters. The van der Waals surface area contributed by atoms with Crippen molar-refractivity contribution in [2.75, 3.05) is 0 Å². The summed E-state index contributed by atoms with van der Waals surface area (Å²) in [6.45, 7) is 3.59. The highest BCUT2D eigenvalue weighted by molar-refractivity contribution is 6.30. The zero-order valence-corrected chi connectivity index (χ0v) is 7.56. The average molecular weight is 180 g/mol. The zero-order chi connectivity index (χ0) is 8.85. The molecule has 66 valence electrons. The maximum Gasteiger partial charge on any atom is 0.240 e. The lowest BCUT2D eigenvalue weighted by atomic mass is 10.3. The molecule has 0 aromatic carbocycles. The maximum atomic E-state index is 10.9. The number of nitrogens with one attached hydrogen (secondary N) is 1. The fourth-order valence-corrected chi connectivity index (χ4v) is 0.605. The molecule has 2 atom stereocenters. The Hall–Kier alpha value is -0.280. The molecule has 0 spiro atoms. The van der Waals surface area contributed by atoms with E-state index in [1.807, 2.05) is 6.92 Å². The number of rotatable bonds is 4. The predicted molar refractivity (Wildman–Crippen MR) is 44.4 cm³/mol. The van der Waals surface area contributed by atoms with Gasteiger partial charge in [-0.1, -0.05) is 13.8 Å². The van der Waals surface area contributed by atoms with E-state index < -0.39 is 11.6 Å². The number of aliphatic hydroxyl groups excluding tert-OH is 1. The van der Waals surface area contributed by atoms with E-state index in [0.29, 0.717) is 12.8 Å². The van der Waals surface area contributed by atoms with E-state index in [-0.39, 0.29) is 5.91 Å². The van der Waals surface area contributed by atoms with E-state index >= 15 is 0 Å². The van der Waals surface area contributed by atoms with Gasteiger partial charge in [-0.3, -0.25) is 4.79 Å². The summed E-state index contributed by atoms with van der Waals surface area (Å²) in [5.74, 6) is -0.302. The summed E-state index contributed by atoms with van der Waals surface area (Å²) in [6, 6.07) is 0. The molecule has 0 aliphatic rings. The Balaban J connectivity index is 3.68. The van der Waals surface area contributed by atoms with Gasteiger partial charge in [0.25, 0.3) is 0 Å². The van der Waals surface area contributed by atoms with Crippen LogP contribution in [-0.4, -0.2) is 22.6 Å². The first-order chi connectivity index (χ1) is 5.11. The van der Waals surface area contributed by atoms with Crippen molar-refractivity contribution < 1.29 is 9.90 Å². The summed E-state index contributed by atoms with van der Waals surface area (Å²) in [5, 5.41) is 10.8. The molecule has 1 amide bonds. The monoisotopic (exact) mass is 179 g/mol. The van der Waals surface area contributed by atoms with Crippen molar-refractivity contribution in [3.63, 3.8) is 0 Å². The average Bonchev–Trinajstić information content (AvgIpc) is 2.02. The number of aliphatic hydroxyl groups is 1. The fourth-order valence-electron chi connectivity index (χ4n) is 0.542. The second kappa shape index (κ2) is 5.38. The van der Waals surface area contributed by atoms with Crippen LogP contribution in [0.4, 0.5) is 0 Å². The van der Waals surface area contributed by atoms with Crippen LogP contribution in [0.5, 0.6) is 0 Å². The van der Waals surface area contributed by atoms with Crippen molar-refractivity contribution in [2.45, 2.75) is 38.3 Å². The topological polar surface area (TPSA) is 49.3 Å². The van der Waals surface area contributed by atoms with Crippen molar-refractivity contribution in [2.24, 2.45) is 0 Å². The Bertz CT molecular complexity index is 130. The number of halogens is 1. The second-order valence-electron chi connectivity index (χ2n) is 2.31. The van der Waals surface area contributed by atoms with Gasteiger partial charge in [-0.25, -0.2) is 0 Å². The number of amides is 1. The van der Waals surface area contributed by atoms with E-state index in [1.54, 1.807) is 6.92 Å². The maximum absolute atomic E-state index is 10.9. The largest absolute Gasteiger partial charge is 0.374 e. The summed E-state index contributed by atoms with van der Waals surface area (Å²) < 4.78 is 0. The SMILES string of the molecule is CCC(O)NC(=O)C(Cl)CC. The molecular weight excluding hydrogens is 166 g/mol. The van der Waals surface area contributed by atoms with Gasteiger partial charge in [0.1, 0.15) is 11.6 Å². The van der Waals surface area contributed by atoms with Crippen LogP contribution < -0.4 is 5.32 Å². The highest BCUT2D eigenvalue weighted by atomic mass is 35.5. The summed E-state index contributed by atoms with van der Waals surface area (Å²) in [5.41, 5.74) is 0. The van der Waals surface area contributed by atoms with E-state index in [4.69, 9.17) is 16.7 Å². The minimum absolute atomic E-state index is 0.302. The van der Waals surface area contributed by atoms with Gasteiger partial charge in [0.15, 0.2) is 0 Å². The molecule has 11 heavy (non-hydrogen) atoms. The third-order valence-electron chi connectivity index (χ3n) is 1.34. The van der Waals surface area contributed by atoms with Gasteiger partial charge >= 0.3 is 0 Å². The summed E-state index contributed by atoms with van der Waals surface area (Å²) in [7, 11) is 0. The standard InChI is InChI=1S/C7H14ClNO2/c1-3-5(8)7(11)9-6(10)4-2/h5-6,10H,3-4H2,1-2H3,(H,9,11). The Morgan fingerprint density at radius 1 is 1.55 bits per heavy atom. The molecule has 0 aliphatic carbocycles. The van der Waals surface area contributed by atoms with Crippen molar-refractivity contribution in [3.8, 4) is 0 Å². The summed E-state index contributed by atoms with van der Waals surface area (Å²) >= 11 is 5.59. The van der Waals surface area contributed by atoms with Crippen LogP contribution in [0.25, 0.3) is 0 Å². The van der Waals surface area contributed by atoms with E-state index in [1.165, 1.54) is 0 Å². The minimum atomic E-state index is -0.768. The van der Waals surface area contributed by atoms with Crippen LogP contribution in [0, 0.1) is 0 Å². The molecule has 0 saturated carbocycles. The highest BCUT2D eigenvalue weighted by Gasteiger charge is 2.14. The van der Waals surface area contributed by atoms with E-state index in [9.17, 15) is 4.79 Å². The molecule has 0 heterocycles. The van der Waals surface area contributed by atoms with E-state index in [0.717, 1.165) is 0 Å². The molecule has 0 aliphatic heterocycles. The van der Waals surface area contributed by atoms with Crippen LogP contribution in [0.15, 0.2) is 0 Å². The van der Waals surface area contributed by atoms with Crippen LogP contribution in [0.2, 0.25) is 0 Å². The van der Waals surface area contributed by atoms with Crippen molar-refractivity contribution in [3.05, 3.63) is 0 Å². The van der Waals surface area contributed by atoms with Crippen LogP contribution in [0.1, 0.15) is 26.7 Å². The molecule has 3 nitrogen and oxygen atoms in total. The molecule has 0 bridgehead atoms. The van der Waals surface area contributed by atoms with Gasteiger partial charge in [-0.15, -0.1) is 11.6 Å². The van der Waals surface area contributed by atoms with Crippen LogP contribution in [-0.2, 0) is 4.79 Å². The fraction of sp³-hybridized carbons (Fsp3) is 0.857. The molecule has 0 radical (unpaired) electrons. The summed E-state index contributed by atoms with van der Waals surface area (Å²) in [4.78, 5) is 10.9. The van der Waals surface area contributed by atoms with Crippen molar-refractivity contribution in [1.29, 1.82) is 0 Å². The van der Waals surface area contributed by atoms with Gasteiger partial charge in [0.05, 0.1) is 0 Å². The second-order valence-corrected chi connectivity index (χ2v) is 2.84. The van der Waals surface area contributed by atoms with Crippen molar-refractivity contribution >= 4 is 17.5 Å². The van der Waals surface area contributed by atoms with Gasteiger partial charge in [-0.2, -0.15) is 0 Å². The lowest BCUT2D eigenvalue weighted by Crippen LogP contribution is -2.38. The normalized spacial score (nSPS) is 15.6. The first-order valence-electron chi connectivity index (χ1n) is 3.74. The molecule has 0 rings (SSSR count). The zero-order valence-electron chi connectivity index (χ0n) is 6.80. The van der Waals surface area contributed by atoms with Gasteiger partial charge in [-0.05, 0) is 12.8 Å².